The van der Waals surface area contributed by atoms with E-state index >= 15 is 0 Å². The van der Waals surface area contributed by atoms with Crippen LogP contribution in [-0.2, 0) is 14.3 Å². The lowest BCUT2D eigenvalue weighted by atomic mass is 9.95. The molecule has 1 aromatic rings. The van der Waals surface area contributed by atoms with E-state index in [0.29, 0.717) is 44.3 Å². The summed E-state index contributed by atoms with van der Waals surface area (Å²) in [6.07, 6.45) is 2.35. The Balaban J connectivity index is 1.42. The van der Waals surface area contributed by atoms with E-state index in [0.717, 1.165) is 12.8 Å². The van der Waals surface area contributed by atoms with E-state index in [1.54, 1.807) is 0 Å². The SMILES string of the molecule is O=C1CCCC1C1COCCN1C(=O)CC1COc2ccccc2O1. The topological polar surface area (TPSA) is 65.1 Å². The summed E-state index contributed by atoms with van der Waals surface area (Å²) in [5, 5.41) is 0. The van der Waals surface area contributed by atoms with Gasteiger partial charge in [0.2, 0.25) is 5.91 Å². The smallest absolute Gasteiger partial charge is 0.226 e. The van der Waals surface area contributed by atoms with Crippen LogP contribution in [-0.4, -0.2) is 55.1 Å². The summed E-state index contributed by atoms with van der Waals surface area (Å²) in [6, 6.07) is 7.35. The van der Waals surface area contributed by atoms with Crippen LogP contribution in [0.3, 0.4) is 0 Å². The van der Waals surface area contributed by atoms with Crippen LogP contribution in [0.25, 0.3) is 0 Å². The number of ether oxygens (including phenoxy) is 3. The second-order valence-corrected chi connectivity index (χ2v) is 6.90. The first kappa shape index (κ1) is 16.4. The van der Waals surface area contributed by atoms with Gasteiger partial charge < -0.3 is 19.1 Å². The van der Waals surface area contributed by atoms with Gasteiger partial charge in [0.05, 0.1) is 25.7 Å². The molecule has 1 saturated carbocycles. The predicted molar refractivity (Wildman–Crippen MR) is 89.6 cm³/mol. The Morgan fingerprint density at radius 2 is 2.04 bits per heavy atom. The van der Waals surface area contributed by atoms with Gasteiger partial charge in [0.15, 0.2) is 11.5 Å². The first-order valence-electron chi connectivity index (χ1n) is 9.01. The summed E-state index contributed by atoms with van der Waals surface area (Å²) in [4.78, 5) is 26.8. The van der Waals surface area contributed by atoms with Gasteiger partial charge in [-0.1, -0.05) is 12.1 Å². The third-order valence-corrected chi connectivity index (χ3v) is 5.27. The summed E-state index contributed by atoms with van der Waals surface area (Å²) < 4.78 is 17.2. The number of ketones is 1. The minimum Gasteiger partial charge on any atom is -0.486 e. The van der Waals surface area contributed by atoms with Gasteiger partial charge in [-0.25, -0.2) is 0 Å². The van der Waals surface area contributed by atoms with Gasteiger partial charge in [0.1, 0.15) is 18.5 Å². The quantitative estimate of drug-likeness (QED) is 0.836. The number of benzene rings is 1. The maximum Gasteiger partial charge on any atom is 0.226 e. The molecule has 0 aromatic heterocycles. The molecule has 2 heterocycles. The van der Waals surface area contributed by atoms with Crippen LogP contribution in [0.5, 0.6) is 11.5 Å². The van der Waals surface area contributed by atoms with Crippen molar-refractivity contribution in [3.05, 3.63) is 24.3 Å². The van der Waals surface area contributed by atoms with E-state index in [2.05, 4.69) is 0 Å². The zero-order valence-electron chi connectivity index (χ0n) is 14.2. The van der Waals surface area contributed by atoms with Gasteiger partial charge in [-0.2, -0.15) is 0 Å². The molecule has 0 radical (unpaired) electrons. The molecule has 3 aliphatic rings. The number of hydrogen-bond donors (Lipinski definition) is 0. The largest absolute Gasteiger partial charge is 0.486 e. The zero-order chi connectivity index (χ0) is 17.2. The van der Waals surface area contributed by atoms with Gasteiger partial charge in [0, 0.05) is 18.9 Å². The minimum absolute atomic E-state index is 0.0148. The average Bonchev–Trinajstić information content (AvgIpc) is 3.07. The molecule has 4 rings (SSSR count). The first-order valence-corrected chi connectivity index (χ1v) is 9.01. The normalized spacial score (nSPS) is 28.9. The molecule has 1 saturated heterocycles. The van der Waals surface area contributed by atoms with Crippen molar-refractivity contribution in [3.8, 4) is 11.5 Å². The molecule has 1 amide bonds. The molecule has 0 bridgehead atoms. The van der Waals surface area contributed by atoms with Crippen molar-refractivity contribution >= 4 is 11.7 Å². The Bertz CT molecular complexity index is 661. The maximum atomic E-state index is 12.9. The number of carbonyl (C=O) groups excluding carboxylic acids is 2. The van der Waals surface area contributed by atoms with Crippen molar-refractivity contribution in [3.63, 3.8) is 0 Å². The molecule has 1 aromatic carbocycles. The van der Waals surface area contributed by atoms with E-state index in [1.165, 1.54) is 0 Å². The Morgan fingerprint density at radius 1 is 1.20 bits per heavy atom. The molecule has 3 unspecified atom stereocenters. The van der Waals surface area contributed by atoms with Crippen molar-refractivity contribution < 1.29 is 23.8 Å². The Labute approximate surface area is 147 Å². The summed E-state index contributed by atoms with van der Waals surface area (Å²) in [7, 11) is 0. The lowest BCUT2D eigenvalue weighted by Crippen LogP contribution is -2.54. The van der Waals surface area contributed by atoms with Gasteiger partial charge in [0.25, 0.3) is 0 Å². The number of Topliss-reactive ketones (excluding diaryl/α,β-unsaturated/α-hetero) is 1. The summed E-state index contributed by atoms with van der Waals surface area (Å²) in [6.45, 7) is 1.87. The van der Waals surface area contributed by atoms with E-state index in [9.17, 15) is 9.59 Å². The Morgan fingerprint density at radius 3 is 2.84 bits per heavy atom. The second kappa shape index (κ2) is 7.04. The lowest BCUT2D eigenvalue weighted by molar-refractivity contribution is -0.146. The third kappa shape index (κ3) is 3.35. The number of morpholine rings is 1. The summed E-state index contributed by atoms with van der Waals surface area (Å²) in [5.74, 6) is 1.59. The van der Waals surface area contributed by atoms with Gasteiger partial charge in [-0.05, 0) is 25.0 Å². The highest BCUT2D eigenvalue weighted by atomic mass is 16.6. The number of rotatable bonds is 3. The van der Waals surface area contributed by atoms with Crippen LogP contribution in [0.4, 0.5) is 0 Å². The second-order valence-electron chi connectivity index (χ2n) is 6.90. The van der Waals surface area contributed by atoms with Gasteiger partial charge in [-0.3, -0.25) is 9.59 Å². The Hall–Kier alpha value is -2.08. The number of para-hydroxylation sites is 2. The van der Waals surface area contributed by atoms with Crippen LogP contribution < -0.4 is 9.47 Å². The van der Waals surface area contributed by atoms with Crippen molar-refractivity contribution in [2.24, 2.45) is 5.92 Å². The standard InChI is InChI=1S/C19H23NO5/c21-16-5-3-4-14(16)15-12-23-9-8-20(15)19(22)10-13-11-24-17-6-1-2-7-18(17)25-13/h1-2,6-7,13-15H,3-5,8-12H2. The number of carbonyl (C=O) groups is 2. The molecular formula is C19H23NO5. The molecule has 2 aliphatic heterocycles. The third-order valence-electron chi connectivity index (χ3n) is 5.27. The average molecular weight is 345 g/mol. The molecule has 134 valence electrons. The molecule has 1 aliphatic carbocycles. The maximum absolute atomic E-state index is 12.9. The molecule has 2 fully saturated rings. The van der Waals surface area contributed by atoms with Crippen LogP contribution >= 0.6 is 0 Å². The van der Waals surface area contributed by atoms with Gasteiger partial charge in [-0.15, -0.1) is 0 Å². The number of nitrogens with zero attached hydrogens (tertiary/aromatic N) is 1. The van der Waals surface area contributed by atoms with Crippen molar-refractivity contribution in [1.29, 1.82) is 0 Å². The van der Waals surface area contributed by atoms with E-state index in [-0.39, 0.29) is 36.2 Å². The fraction of sp³-hybridized carbons (Fsp3) is 0.579. The lowest BCUT2D eigenvalue weighted by Gasteiger charge is -2.39. The first-order chi connectivity index (χ1) is 12.2. The zero-order valence-corrected chi connectivity index (χ0v) is 14.2. The number of fused-ring (bicyclic) bond motifs is 1. The fourth-order valence-corrected chi connectivity index (χ4v) is 3.99. The van der Waals surface area contributed by atoms with Crippen molar-refractivity contribution in [2.75, 3.05) is 26.4 Å². The van der Waals surface area contributed by atoms with Crippen LogP contribution in [0.1, 0.15) is 25.7 Å². The van der Waals surface area contributed by atoms with Crippen LogP contribution in [0, 0.1) is 5.92 Å². The predicted octanol–water partition coefficient (Wildman–Crippen LogP) is 1.81. The van der Waals surface area contributed by atoms with Gasteiger partial charge >= 0.3 is 0 Å². The number of amides is 1. The van der Waals surface area contributed by atoms with E-state index < -0.39 is 0 Å². The van der Waals surface area contributed by atoms with Crippen LogP contribution in [0.2, 0.25) is 0 Å². The molecule has 25 heavy (non-hydrogen) atoms. The molecule has 3 atom stereocenters. The summed E-state index contributed by atoms with van der Waals surface area (Å²) in [5.41, 5.74) is 0. The highest BCUT2D eigenvalue weighted by Crippen LogP contribution is 2.33. The number of hydrogen-bond acceptors (Lipinski definition) is 5. The molecule has 6 heteroatoms. The molecule has 0 spiro atoms. The minimum atomic E-state index is -0.301. The molecule has 6 nitrogen and oxygen atoms in total. The molecule has 0 N–H and O–H groups in total. The van der Waals surface area contributed by atoms with Crippen molar-refractivity contribution in [1.82, 2.24) is 4.90 Å². The van der Waals surface area contributed by atoms with Crippen LogP contribution in [0.15, 0.2) is 24.3 Å². The fourth-order valence-electron chi connectivity index (χ4n) is 3.99. The van der Waals surface area contributed by atoms with E-state index in [4.69, 9.17) is 14.2 Å². The van der Waals surface area contributed by atoms with E-state index in [1.807, 2.05) is 29.2 Å². The molecular weight excluding hydrogens is 322 g/mol. The van der Waals surface area contributed by atoms with Crippen molar-refractivity contribution in [2.45, 2.75) is 37.8 Å². The Kier molecular flexibility index (Phi) is 4.61. The monoisotopic (exact) mass is 345 g/mol. The highest BCUT2D eigenvalue weighted by molar-refractivity contribution is 5.85. The summed E-state index contributed by atoms with van der Waals surface area (Å²) >= 11 is 0. The highest BCUT2D eigenvalue weighted by Gasteiger charge is 2.40.